The Bertz CT molecular complexity index is 297. The van der Waals surface area contributed by atoms with Crippen LogP contribution >= 0.6 is 0 Å². The van der Waals surface area contributed by atoms with Gasteiger partial charge in [-0.05, 0) is 25.7 Å². The van der Waals surface area contributed by atoms with E-state index in [-0.39, 0.29) is 12.0 Å². The number of carbonyl (C=O) groups excluding carboxylic acids is 1. The molecule has 0 N–H and O–H groups in total. The van der Waals surface area contributed by atoms with Crippen LogP contribution in [0.4, 0.5) is 0 Å². The molecule has 1 saturated heterocycles. The van der Waals surface area contributed by atoms with Gasteiger partial charge in [-0.1, -0.05) is 13.8 Å². The second-order valence-electron chi connectivity index (χ2n) is 4.63. The Morgan fingerprint density at radius 1 is 1.41 bits per heavy atom. The van der Waals surface area contributed by atoms with Crippen LogP contribution in [0.15, 0.2) is 0 Å². The van der Waals surface area contributed by atoms with E-state index in [4.69, 9.17) is 4.74 Å². The predicted octanol–water partition coefficient (Wildman–Crippen LogP) is 1.95. The van der Waals surface area contributed by atoms with E-state index >= 15 is 0 Å². The van der Waals surface area contributed by atoms with E-state index in [0.717, 1.165) is 12.8 Å². The summed E-state index contributed by atoms with van der Waals surface area (Å²) < 4.78 is 5.28. The SMILES string of the molecule is CCC(C#N)(CC)C(=O)N1CCC(OC)CC1. The van der Waals surface area contributed by atoms with Crippen LogP contribution in [0.3, 0.4) is 0 Å². The summed E-state index contributed by atoms with van der Waals surface area (Å²) in [5.41, 5.74) is -0.820. The first-order valence-electron chi connectivity index (χ1n) is 6.37. The minimum absolute atomic E-state index is 0.000414. The number of rotatable bonds is 4. The van der Waals surface area contributed by atoms with Gasteiger partial charge in [0, 0.05) is 20.2 Å². The Balaban J connectivity index is 2.68. The second-order valence-corrected chi connectivity index (χ2v) is 4.63. The molecule has 0 aromatic rings. The highest BCUT2D eigenvalue weighted by molar-refractivity contribution is 5.85. The number of nitriles is 1. The number of carbonyl (C=O) groups is 1. The molecule has 0 unspecified atom stereocenters. The van der Waals surface area contributed by atoms with Gasteiger partial charge in [0.05, 0.1) is 12.2 Å². The fraction of sp³-hybridized carbons (Fsp3) is 0.846. The molecule has 0 saturated carbocycles. The van der Waals surface area contributed by atoms with Crippen molar-refractivity contribution < 1.29 is 9.53 Å². The monoisotopic (exact) mass is 238 g/mol. The average Bonchev–Trinajstić information content (AvgIpc) is 2.41. The van der Waals surface area contributed by atoms with E-state index in [9.17, 15) is 10.1 Å². The summed E-state index contributed by atoms with van der Waals surface area (Å²) in [7, 11) is 1.71. The minimum atomic E-state index is -0.820. The first-order valence-corrected chi connectivity index (χ1v) is 6.37. The molecule has 0 bridgehead atoms. The van der Waals surface area contributed by atoms with Crippen molar-refractivity contribution in [3.8, 4) is 6.07 Å². The van der Waals surface area contributed by atoms with Crippen LogP contribution < -0.4 is 0 Å². The van der Waals surface area contributed by atoms with Gasteiger partial charge in [-0.3, -0.25) is 4.79 Å². The quantitative estimate of drug-likeness (QED) is 0.752. The van der Waals surface area contributed by atoms with E-state index < -0.39 is 5.41 Å². The second kappa shape index (κ2) is 6.02. The zero-order valence-electron chi connectivity index (χ0n) is 11.0. The Labute approximate surface area is 104 Å². The van der Waals surface area contributed by atoms with Crippen LogP contribution in [0.2, 0.25) is 0 Å². The highest BCUT2D eigenvalue weighted by Crippen LogP contribution is 2.29. The van der Waals surface area contributed by atoms with Gasteiger partial charge in [0.2, 0.25) is 5.91 Å². The summed E-state index contributed by atoms with van der Waals surface area (Å²) in [5, 5.41) is 9.25. The minimum Gasteiger partial charge on any atom is -0.381 e. The van der Waals surface area contributed by atoms with Crippen molar-refractivity contribution in [2.75, 3.05) is 20.2 Å². The third kappa shape index (κ3) is 2.78. The molecule has 0 aromatic heterocycles. The Morgan fingerprint density at radius 3 is 2.29 bits per heavy atom. The third-order valence-corrected chi connectivity index (χ3v) is 3.89. The molecule has 0 spiro atoms. The van der Waals surface area contributed by atoms with Gasteiger partial charge in [0.25, 0.3) is 0 Å². The number of ether oxygens (including phenoxy) is 1. The van der Waals surface area contributed by atoms with E-state index in [1.165, 1.54) is 0 Å². The van der Waals surface area contributed by atoms with Crippen LogP contribution in [0, 0.1) is 16.7 Å². The van der Waals surface area contributed by atoms with E-state index in [1.807, 2.05) is 18.7 Å². The molecule has 1 rings (SSSR count). The Hall–Kier alpha value is -1.08. The largest absolute Gasteiger partial charge is 0.381 e. The van der Waals surface area contributed by atoms with Gasteiger partial charge in [-0.15, -0.1) is 0 Å². The van der Waals surface area contributed by atoms with Crippen LogP contribution in [0.1, 0.15) is 39.5 Å². The lowest BCUT2D eigenvalue weighted by Gasteiger charge is -2.36. The molecule has 96 valence electrons. The molecule has 4 nitrogen and oxygen atoms in total. The smallest absolute Gasteiger partial charge is 0.243 e. The molecule has 0 aromatic carbocycles. The first kappa shape index (κ1) is 14.0. The van der Waals surface area contributed by atoms with E-state index in [2.05, 4.69) is 6.07 Å². The van der Waals surface area contributed by atoms with Crippen LogP contribution in [-0.4, -0.2) is 37.1 Å². The van der Waals surface area contributed by atoms with Crippen molar-refractivity contribution in [2.45, 2.75) is 45.6 Å². The summed E-state index contributed by atoms with van der Waals surface area (Å²) in [6, 6.07) is 2.21. The Kier molecular flexibility index (Phi) is 4.95. The summed E-state index contributed by atoms with van der Waals surface area (Å²) in [6.45, 7) is 5.24. The maximum absolute atomic E-state index is 12.4. The first-order chi connectivity index (χ1) is 8.13. The molecule has 0 radical (unpaired) electrons. The number of piperidine rings is 1. The number of nitrogens with zero attached hydrogens (tertiary/aromatic N) is 2. The van der Waals surface area contributed by atoms with Crippen molar-refractivity contribution >= 4 is 5.91 Å². The number of hydrogen-bond acceptors (Lipinski definition) is 3. The van der Waals surface area contributed by atoms with Crippen molar-refractivity contribution in [1.29, 1.82) is 5.26 Å². The molecule has 1 aliphatic rings. The summed E-state index contributed by atoms with van der Waals surface area (Å²) >= 11 is 0. The zero-order valence-corrected chi connectivity index (χ0v) is 11.0. The normalized spacial score (nSPS) is 17.9. The van der Waals surface area contributed by atoms with Crippen molar-refractivity contribution in [3.05, 3.63) is 0 Å². The lowest BCUT2D eigenvalue weighted by Crippen LogP contribution is -2.47. The van der Waals surface area contributed by atoms with Crippen molar-refractivity contribution in [2.24, 2.45) is 5.41 Å². The van der Waals surface area contributed by atoms with Crippen molar-refractivity contribution in [3.63, 3.8) is 0 Å². The number of methoxy groups -OCH3 is 1. The third-order valence-electron chi connectivity index (χ3n) is 3.89. The van der Waals surface area contributed by atoms with Gasteiger partial charge in [-0.25, -0.2) is 0 Å². The predicted molar refractivity (Wildman–Crippen MR) is 65.2 cm³/mol. The molecule has 1 fully saturated rings. The molecular weight excluding hydrogens is 216 g/mol. The van der Waals surface area contributed by atoms with Gasteiger partial charge < -0.3 is 9.64 Å². The summed E-state index contributed by atoms with van der Waals surface area (Å²) in [5.74, 6) is -0.000414. The lowest BCUT2D eigenvalue weighted by molar-refractivity contribution is -0.141. The molecule has 1 heterocycles. The highest BCUT2D eigenvalue weighted by atomic mass is 16.5. The van der Waals surface area contributed by atoms with Gasteiger partial charge >= 0.3 is 0 Å². The van der Waals surface area contributed by atoms with Crippen LogP contribution in [0.5, 0.6) is 0 Å². The van der Waals surface area contributed by atoms with E-state index in [1.54, 1.807) is 7.11 Å². The maximum atomic E-state index is 12.4. The van der Waals surface area contributed by atoms with Crippen LogP contribution in [0.25, 0.3) is 0 Å². The fourth-order valence-corrected chi connectivity index (χ4v) is 2.36. The molecule has 4 heteroatoms. The topological polar surface area (TPSA) is 53.3 Å². The van der Waals surface area contributed by atoms with Gasteiger partial charge in [0.1, 0.15) is 5.41 Å². The highest BCUT2D eigenvalue weighted by Gasteiger charge is 2.39. The molecular formula is C13H22N2O2. The Morgan fingerprint density at radius 2 is 1.94 bits per heavy atom. The fourth-order valence-electron chi connectivity index (χ4n) is 2.36. The number of hydrogen-bond donors (Lipinski definition) is 0. The number of amides is 1. The lowest BCUT2D eigenvalue weighted by atomic mass is 9.82. The van der Waals surface area contributed by atoms with E-state index in [0.29, 0.717) is 25.9 Å². The molecule has 1 amide bonds. The van der Waals surface area contributed by atoms with Gasteiger partial charge in [-0.2, -0.15) is 5.26 Å². The molecule has 0 atom stereocenters. The molecule has 1 aliphatic heterocycles. The summed E-state index contributed by atoms with van der Waals surface area (Å²) in [6.07, 6.45) is 3.18. The summed E-state index contributed by atoms with van der Waals surface area (Å²) in [4.78, 5) is 14.2. The molecule has 17 heavy (non-hydrogen) atoms. The van der Waals surface area contributed by atoms with Gasteiger partial charge in [0.15, 0.2) is 0 Å². The maximum Gasteiger partial charge on any atom is 0.243 e. The zero-order chi connectivity index (χ0) is 12.9. The standard InChI is InChI=1S/C13H22N2O2/c1-4-13(5-2,10-14)12(16)15-8-6-11(17-3)7-9-15/h11H,4-9H2,1-3H3. The van der Waals surface area contributed by atoms with Crippen LogP contribution in [-0.2, 0) is 9.53 Å². The number of likely N-dealkylation sites (tertiary alicyclic amines) is 1. The average molecular weight is 238 g/mol. The molecule has 0 aliphatic carbocycles. The van der Waals surface area contributed by atoms with Crippen molar-refractivity contribution in [1.82, 2.24) is 4.90 Å².